The molecule has 108 valence electrons. The first-order valence-electron chi connectivity index (χ1n) is 6.89. The molecule has 1 unspecified atom stereocenters. The number of hydrogen-bond acceptors (Lipinski definition) is 3. The van der Waals surface area contributed by atoms with Gasteiger partial charge in [0.25, 0.3) is 0 Å². The summed E-state index contributed by atoms with van der Waals surface area (Å²) in [6, 6.07) is 12.0. The lowest BCUT2D eigenvalue weighted by Crippen LogP contribution is -2.20. The Kier molecular flexibility index (Phi) is 3.90. The number of pyridine rings is 1. The van der Waals surface area contributed by atoms with E-state index in [2.05, 4.69) is 27.5 Å². The van der Waals surface area contributed by atoms with Gasteiger partial charge < -0.3 is 5.32 Å². The molecule has 0 fully saturated rings. The van der Waals surface area contributed by atoms with E-state index in [-0.39, 0.29) is 6.04 Å². The SMILES string of the molecule is CNC(Cc1nn(C)c2ccccc12)c1ncccc1Cl. The van der Waals surface area contributed by atoms with Crippen LogP contribution >= 0.6 is 11.6 Å². The second-order valence-electron chi connectivity index (χ2n) is 5.00. The van der Waals surface area contributed by atoms with E-state index in [1.54, 1.807) is 6.20 Å². The number of aromatic nitrogens is 3. The molecule has 3 rings (SSSR count). The van der Waals surface area contributed by atoms with Gasteiger partial charge in [0.15, 0.2) is 0 Å². The monoisotopic (exact) mass is 300 g/mol. The molecule has 0 saturated carbocycles. The lowest BCUT2D eigenvalue weighted by molar-refractivity contribution is 0.565. The van der Waals surface area contributed by atoms with Crippen LogP contribution in [0.15, 0.2) is 42.6 Å². The fourth-order valence-electron chi connectivity index (χ4n) is 2.62. The van der Waals surface area contributed by atoms with Gasteiger partial charge in [-0.1, -0.05) is 29.8 Å². The molecule has 0 aliphatic heterocycles. The van der Waals surface area contributed by atoms with Gasteiger partial charge in [0.2, 0.25) is 0 Å². The van der Waals surface area contributed by atoms with Gasteiger partial charge in [0.1, 0.15) is 0 Å². The van der Waals surface area contributed by atoms with E-state index < -0.39 is 0 Å². The van der Waals surface area contributed by atoms with Crippen LogP contribution in [0.3, 0.4) is 0 Å². The highest BCUT2D eigenvalue weighted by atomic mass is 35.5. The minimum Gasteiger partial charge on any atom is -0.311 e. The quantitative estimate of drug-likeness (QED) is 0.805. The average molecular weight is 301 g/mol. The molecule has 3 aromatic rings. The minimum absolute atomic E-state index is 0.0389. The first-order valence-corrected chi connectivity index (χ1v) is 7.27. The third-order valence-corrected chi connectivity index (χ3v) is 4.02. The van der Waals surface area contributed by atoms with Crippen LogP contribution in [-0.2, 0) is 13.5 Å². The molecule has 5 heteroatoms. The van der Waals surface area contributed by atoms with Crippen LogP contribution < -0.4 is 5.32 Å². The van der Waals surface area contributed by atoms with Crippen molar-refractivity contribution in [3.63, 3.8) is 0 Å². The highest BCUT2D eigenvalue weighted by molar-refractivity contribution is 6.31. The molecule has 0 bridgehead atoms. The van der Waals surface area contributed by atoms with Crippen molar-refractivity contribution in [3.8, 4) is 0 Å². The Balaban J connectivity index is 1.99. The Labute approximate surface area is 128 Å². The first kappa shape index (κ1) is 14.0. The molecule has 21 heavy (non-hydrogen) atoms. The third kappa shape index (κ3) is 2.64. The molecular weight excluding hydrogens is 284 g/mol. The van der Waals surface area contributed by atoms with Crippen LogP contribution in [0.25, 0.3) is 10.9 Å². The van der Waals surface area contributed by atoms with E-state index in [1.807, 2.05) is 43.0 Å². The normalized spacial score (nSPS) is 12.7. The largest absolute Gasteiger partial charge is 0.311 e. The lowest BCUT2D eigenvalue weighted by Gasteiger charge is -2.15. The fourth-order valence-corrected chi connectivity index (χ4v) is 2.88. The second-order valence-corrected chi connectivity index (χ2v) is 5.41. The number of likely N-dealkylation sites (N-methyl/N-ethyl adjacent to an activating group) is 1. The number of halogens is 1. The maximum Gasteiger partial charge on any atom is 0.0762 e. The minimum atomic E-state index is 0.0389. The summed E-state index contributed by atoms with van der Waals surface area (Å²) in [6.07, 6.45) is 2.51. The van der Waals surface area contributed by atoms with E-state index >= 15 is 0 Å². The van der Waals surface area contributed by atoms with Gasteiger partial charge in [0.05, 0.1) is 28.0 Å². The third-order valence-electron chi connectivity index (χ3n) is 3.70. The van der Waals surface area contributed by atoms with Gasteiger partial charge >= 0.3 is 0 Å². The molecule has 1 atom stereocenters. The predicted octanol–water partition coefficient (Wildman–Crippen LogP) is 3.12. The summed E-state index contributed by atoms with van der Waals surface area (Å²) in [4.78, 5) is 4.40. The molecule has 4 nitrogen and oxygen atoms in total. The van der Waals surface area contributed by atoms with Crippen molar-refractivity contribution in [2.75, 3.05) is 7.05 Å². The molecular formula is C16H17ClN4. The molecule has 0 aliphatic rings. The predicted molar refractivity (Wildman–Crippen MR) is 85.5 cm³/mol. The molecule has 2 heterocycles. The topological polar surface area (TPSA) is 42.7 Å². The molecule has 0 radical (unpaired) electrons. The number of rotatable bonds is 4. The highest BCUT2D eigenvalue weighted by Crippen LogP contribution is 2.26. The summed E-state index contributed by atoms with van der Waals surface area (Å²) in [7, 11) is 3.88. The Bertz CT molecular complexity index is 766. The van der Waals surface area contributed by atoms with Gasteiger partial charge in [0, 0.05) is 25.1 Å². The van der Waals surface area contributed by atoms with Crippen LogP contribution in [0.5, 0.6) is 0 Å². The smallest absolute Gasteiger partial charge is 0.0762 e. The van der Waals surface area contributed by atoms with Crippen molar-refractivity contribution < 1.29 is 0 Å². The average Bonchev–Trinajstić information content (AvgIpc) is 2.82. The molecule has 1 N–H and O–H groups in total. The summed E-state index contributed by atoms with van der Waals surface area (Å²) in [6.45, 7) is 0. The van der Waals surface area contributed by atoms with E-state index in [4.69, 9.17) is 11.6 Å². The Morgan fingerprint density at radius 3 is 2.81 bits per heavy atom. The van der Waals surface area contributed by atoms with E-state index in [1.165, 1.54) is 5.39 Å². The lowest BCUT2D eigenvalue weighted by atomic mass is 10.0. The number of fused-ring (bicyclic) bond motifs is 1. The van der Waals surface area contributed by atoms with Crippen LogP contribution in [-0.4, -0.2) is 21.8 Å². The zero-order chi connectivity index (χ0) is 14.8. The van der Waals surface area contributed by atoms with Gasteiger partial charge in [-0.15, -0.1) is 0 Å². The van der Waals surface area contributed by atoms with E-state index in [0.717, 1.165) is 23.3 Å². The number of nitrogens with one attached hydrogen (secondary N) is 1. The van der Waals surface area contributed by atoms with Crippen molar-refractivity contribution in [3.05, 3.63) is 59.0 Å². The molecule has 1 aromatic carbocycles. The zero-order valence-electron chi connectivity index (χ0n) is 12.0. The molecule has 0 saturated heterocycles. The van der Waals surface area contributed by atoms with E-state index in [9.17, 15) is 0 Å². The fraction of sp³-hybridized carbons (Fsp3) is 0.250. The maximum absolute atomic E-state index is 6.26. The Morgan fingerprint density at radius 1 is 1.24 bits per heavy atom. The van der Waals surface area contributed by atoms with Gasteiger partial charge in [-0.2, -0.15) is 5.10 Å². The standard InChI is InChI=1S/C16H17ClN4/c1-18-14(16-12(17)7-5-9-19-16)10-13-11-6-3-4-8-15(11)21(2)20-13/h3-9,14,18H,10H2,1-2H3. The summed E-state index contributed by atoms with van der Waals surface area (Å²) in [5.41, 5.74) is 3.04. The van der Waals surface area contributed by atoms with Crippen LogP contribution in [0.2, 0.25) is 5.02 Å². The Hall–Kier alpha value is -1.91. The Morgan fingerprint density at radius 2 is 2.05 bits per heavy atom. The van der Waals surface area contributed by atoms with Crippen molar-refractivity contribution in [1.82, 2.24) is 20.1 Å². The number of para-hydroxylation sites is 1. The van der Waals surface area contributed by atoms with Crippen LogP contribution in [0, 0.1) is 0 Å². The van der Waals surface area contributed by atoms with Crippen molar-refractivity contribution in [2.45, 2.75) is 12.5 Å². The summed E-state index contributed by atoms with van der Waals surface area (Å²) >= 11 is 6.26. The number of benzene rings is 1. The first-order chi connectivity index (χ1) is 10.2. The highest BCUT2D eigenvalue weighted by Gasteiger charge is 2.18. The summed E-state index contributed by atoms with van der Waals surface area (Å²) < 4.78 is 1.91. The summed E-state index contributed by atoms with van der Waals surface area (Å²) in [5, 5.41) is 9.78. The summed E-state index contributed by atoms with van der Waals surface area (Å²) in [5.74, 6) is 0. The van der Waals surface area contributed by atoms with Crippen LogP contribution in [0.4, 0.5) is 0 Å². The second kappa shape index (κ2) is 5.84. The van der Waals surface area contributed by atoms with Crippen molar-refractivity contribution in [1.29, 1.82) is 0 Å². The van der Waals surface area contributed by atoms with Crippen molar-refractivity contribution in [2.24, 2.45) is 7.05 Å². The van der Waals surface area contributed by atoms with Crippen molar-refractivity contribution >= 4 is 22.5 Å². The molecule has 0 aliphatic carbocycles. The van der Waals surface area contributed by atoms with Crippen LogP contribution in [0.1, 0.15) is 17.4 Å². The van der Waals surface area contributed by atoms with E-state index in [0.29, 0.717) is 5.02 Å². The maximum atomic E-state index is 6.26. The van der Waals surface area contributed by atoms with Gasteiger partial charge in [-0.3, -0.25) is 9.67 Å². The molecule has 0 spiro atoms. The number of nitrogens with zero attached hydrogens (tertiary/aromatic N) is 3. The molecule has 2 aromatic heterocycles. The molecule has 0 amide bonds. The van der Waals surface area contributed by atoms with Gasteiger partial charge in [-0.25, -0.2) is 0 Å². The van der Waals surface area contributed by atoms with Gasteiger partial charge in [-0.05, 0) is 25.2 Å². The number of hydrogen-bond donors (Lipinski definition) is 1. The number of aryl methyl sites for hydroxylation is 1. The zero-order valence-corrected chi connectivity index (χ0v) is 12.8.